The number of aliphatic hydroxyl groups is 1. The van der Waals surface area contributed by atoms with Gasteiger partial charge >= 0.3 is 5.97 Å². The standard InChI is InChI=1S/C33H37NO6/c1-3-30(26-11-16-31-32(19-26)39-22-38-31)33(25-9-14-29(15-10-25)40-23(2)35)24-7-12-28(13-8-24)37-21-27(36)20-34-17-5-4-6-18-34/h7-16,19,27,36H,3-6,17-18,20-22H2,1-2H3. The smallest absolute Gasteiger partial charge is 0.308 e. The van der Waals surface area contributed by atoms with Gasteiger partial charge in [0.2, 0.25) is 6.79 Å². The van der Waals surface area contributed by atoms with Crippen molar-refractivity contribution in [1.82, 2.24) is 4.90 Å². The zero-order chi connectivity index (χ0) is 27.9. The fourth-order valence-corrected chi connectivity index (χ4v) is 5.38. The molecule has 3 aromatic carbocycles. The minimum atomic E-state index is -0.526. The molecule has 3 aromatic rings. The van der Waals surface area contributed by atoms with Crippen LogP contribution >= 0.6 is 0 Å². The maximum absolute atomic E-state index is 11.4. The molecule has 0 aliphatic carbocycles. The van der Waals surface area contributed by atoms with Crippen LogP contribution in [0.5, 0.6) is 23.0 Å². The molecule has 1 unspecified atom stereocenters. The van der Waals surface area contributed by atoms with E-state index in [0.29, 0.717) is 18.0 Å². The molecule has 2 aliphatic heterocycles. The van der Waals surface area contributed by atoms with Crippen LogP contribution < -0.4 is 18.9 Å². The third-order valence-electron chi connectivity index (χ3n) is 7.28. The molecule has 2 heterocycles. The van der Waals surface area contributed by atoms with E-state index in [0.717, 1.165) is 58.8 Å². The number of piperidine rings is 1. The van der Waals surface area contributed by atoms with Crippen molar-refractivity contribution in [1.29, 1.82) is 0 Å². The SMILES string of the molecule is CCC(=C(c1ccc(OCC(O)CN2CCCCC2)cc1)c1ccc(OC(C)=O)cc1)c1ccc2c(c1)OCO2. The number of hydrogen-bond acceptors (Lipinski definition) is 7. The highest BCUT2D eigenvalue weighted by atomic mass is 16.7. The van der Waals surface area contributed by atoms with Gasteiger partial charge in [-0.3, -0.25) is 4.79 Å². The summed E-state index contributed by atoms with van der Waals surface area (Å²) in [6, 6.07) is 21.6. The molecule has 0 radical (unpaired) electrons. The number of likely N-dealkylation sites (tertiary alicyclic amines) is 1. The Morgan fingerprint density at radius 3 is 2.15 bits per heavy atom. The summed E-state index contributed by atoms with van der Waals surface area (Å²) >= 11 is 0. The number of benzene rings is 3. The van der Waals surface area contributed by atoms with Crippen molar-refractivity contribution in [3.63, 3.8) is 0 Å². The first-order valence-electron chi connectivity index (χ1n) is 14.1. The van der Waals surface area contributed by atoms with E-state index in [4.69, 9.17) is 18.9 Å². The van der Waals surface area contributed by atoms with Crippen LogP contribution in [0.25, 0.3) is 11.1 Å². The number of allylic oxidation sites excluding steroid dienone is 1. The second kappa shape index (κ2) is 13.0. The predicted molar refractivity (Wildman–Crippen MR) is 155 cm³/mol. The number of esters is 1. The molecule has 210 valence electrons. The molecule has 5 rings (SSSR count). The average Bonchev–Trinajstić information content (AvgIpc) is 3.44. The molecule has 1 saturated heterocycles. The minimum Gasteiger partial charge on any atom is -0.491 e. The highest BCUT2D eigenvalue weighted by molar-refractivity contribution is 5.99. The van der Waals surface area contributed by atoms with Gasteiger partial charge in [-0.25, -0.2) is 0 Å². The summed E-state index contributed by atoms with van der Waals surface area (Å²) in [4.78, 5) is 13.7. The fraction of sp³-hybridized carbons (Fsp3) is 0.364. The number of β-amino-alcohol motifs (C(OH)–C–C–N with tert-alkyl or cyclic N) is 1. The molecule has 1 atom stereocenters. The summed E-state index contributed by atoms with van der Waals surface area (Å²) in [5.74, 6) is 2.35. The summed E-state index contributed by atoms with van der Waals surface area (Å²) in [5, 5.41) is 10.5. The molecule has 0 bridgehead atoms. The van der Waals surface area contributed by atoms with Crippen LogP contribution in [-0.2, 0) is 4.79 Å². The van der Waals surface area contributed by atoms with Crippen molar-refractivity contribution < 1.29 is 28.8 Å². The molecule has 7 heteroatoms. The molecule has 0 aromatic heterocycles. The maximum Gasteiger partial charge on any atom is 0.308 e. The Labute approximate surface area is 235 Å². The van der Waals surface area contributed by atoms with Gasteiger partial charge in [0.25, 0.3) is 0 Å². The lowest BCUT2D eigenvalue weighted by Crippen LogP contribution is -2.38. The Balaban J connectivity index is 1.41. The number of carbonyl (C=O) groups is 1. The highest BCUT2D eigenvalue weighted by Crippen LogP contribution is 2.40. The van der Waals surface area contributed by atoms with Crippen LogP contribution in [0.1, 0.15) is 56.2 Å². The van der Waals surface area contributed by atoms with Crippen molar-refractivity contribution in [2.45, 2.75) is 45.6 Å². The Morgan fingerprint density at radius 2 is 1.50 bits per heavy atom. The summed E-state index contributed by atoms with van der Waals surface area (Å²) in [7, 11) is 0. The molecular weight excluding hydrogens is 506 g/mol. The third kappa shape index (κ3) is 6.84. The monoisotopic (exact) mass is 543 g/mol. The summed E-state index contributed by atoms with van der Waals surface area (Å²) in [5.41, 5.74) is 5.27. The van der Waals surface area contributed by atoms with Crippen molar-refractivity contribution in [3.8, 4) is 23.0 Å². The summed E-state index contributed by atoms with van der Waals surface area (Å²) < 4.78 is 22.4. The lowest BCUT2D eigenvalue weighted by atomic mass is 9.88. The number of nitrogens with zero attached hydrogens (tertiary/aromatic N) is 1. The molecule has 1 N–H and O–H groups in total. The number of rotatable bonds is 10. The topological polar surface area (TPSA) is 77.5 Å². The fourth-order valence-electron chi connectivity index (χ4n) is 5.38. The highest BCUT2D eigenvalue weighted by Gasteiger charge is 2.19. The first-order valence-corrected chi connectivity index (χ1v) is 14.1. The number of fused-ring (bicyclic) bond motifs is 1. The third-order valence-corrected chi connectivity index (χ3v) is 7.28. The lowest BCUT2D eigenvalue weighted by Gasteiger charge is -2.28. The quantitative estimate of drug-likeness (QED) is 0.193. The van der Waals surface area contributed by atoms with Crippen molar-refractivity contribution in [2.75, 3.05) is 33.0 Å². The van der Waals surface area contributed by atoms with Crippen molar-refractivity contribution in [3.05, 3.63) is 83.4 Å². The van der Waals surface area contributed by atoms with Crippen molar-refractivity contribution in [2.24, 2.45) is 0 Å². The van der Waals surface area contributed by atoms with Crippen LogP contribution in [0.3, 0.4) is 0 Å². The molecule has 40 heavy (non-hydrogen) atoms. The zero-order valence-electron chi connectivity index (χ0n) is 23.2. The number of aliphatic hydroxyl groups excluding tert-OH is 1. The van der Waals surface area contributed by atoms with Crippen LogP contribution in [0.2, 0.25) is 0 Å². The molecule has 0 amide bonds. The minimum absolute atomic E-state index is 0.225. The Hall–Kier alpha value is -3.81. The first-order chi connectivity index (χ1) is 19.5. The molecular formula is C33H37NO6. The van der Waals surface area contributed by atoms with E-state index in [9.17, 15) is 9.90 Å². The molecule has 1 fully saturated rings. The van der Waals surface area contributed by atoms with Gasteiger partial charge in [0.1, 0.15) is 24.2 Å². The van der Waals surface area contributed by atoms with Gasteiger partial charge in [0, 0.05) is 13.5 Å². The van der Waals surface area contributed by atoms with Crippen molar-refractivity contribution >= 4 is 17.1 Å². The summed E-state index contributed by atoms with van der Waals surface area (Å²) in [6.07, 6.45) is 3.92. The Kier molecular flexibility index (Phi) is 9.04. The first kappa shape index (κ1) is 27.7. The number of hydrogen-bond donors (Lipinski definition) is 1. The van der Waals surface area contributed by atoms with Gasteiger partial charge < -0.3 is 29.0 Å². The second-order valence-electron chi connectivity index (χ2n) is 10.2. The molecule has 2 aliphatic rings. The Morgan fingerprint density at radius 1 is 0.875 bits per heavy atom. The van der Waals surface area contributed by atoms with Gasteiger partial charge in [-0.1, -0.05) is 43.7 Å². The molecule has 0 saturated carbocycles. The lowest BCUT2D eigenvalue weighted by molar-refractivity contribution is -0.131. The van der Waals surface area contributed by atoms with Crippen LogP contribution in [-0.4, -0.2) is 55.1 Å². The van der Waals surface area contributed by atoms with E-state index in [1.165, 1.54) is 26.2 Å². The van der Waals surface area contributed by atoms with E-state index >= 15 is 0 Å². The van der Waals surface area contributed by atoms with E-state index in [1.54, 1.807) is 0 Å². The second-order valence-corrected chi connectivity index (χ2v) is 10.2. The molecule has 0 spiro atoms. The largest absolute Gasteiger partial charge is 0.491 e. The van der Waals surface area contributed by atoms with Gasteiger partial charge in [-0.05, 0) is 96.6 Å². The normalized spacial score (nSPS) is 16.3. The molecule has 7 nitrogen and oxygen atoms in total. The van der Waals surface area contributed by atoms with Gasteiger partial charge in [-0.15, -0.1) is 0 Å². The average molecular weight is 544 g/mol. The van der Waals surface area contributed by atoms with Crippen LogP contribution in [0.4, 0.5) is 0 Å². The van der Waals surface area contributed by atoms with E-state index < -0.39 is 6.10 Å². The predicted octanol–water partition coefficient (Wildman–Crippen LogP) is 5.94. The van der Waals surface area contributed by atoms with Crippen LogP contribution in [0, 0.1) is 0 Å². The Bertz CT molecular complexity index is 1330. The van der Waals surface area contributed by atoms with E-state index in [2.05, 4.69) is 17.9 Å². The van der Waals surface area contributed by atoms with Gasteiger partial charge in [0.05, 0.1) is 0 Å². The maximum atomic E-state index is 11.4. The number of ether oxygens (including phenoxy) is 4. The zero-order valence-corrected chi connectivity index (χ0v) is 23.2. The van der Waals surface area contributed by atoms with E-state index in [-0.39, 0.29) is 19.4 Å². The van der Waals surface area contributed by atoms with Gasteiger partial charge in [-0.2, -0.15) is 0 Å². The number of carbonyl (C=O) groups excluding carboxylic acids is 1. The van der Waals surface area contributed by atoms with E-state index in [1.807, 2.05) is 60.7 Å². The summed E-state index contributed by atoms with van der Waals surface area (Å²) in [6.45, 7) is 6.75. The van der Waals surface area contributed by atoms with Crippen LogP contribution in [0.15, 0.2) is 66.7 Å². The van der Waals surface area contributed by atoms with Gasteiger partial charge in [0.15, 0.2) is 11.5 Å².